The Morgan fingerprint density at radius 3 is 2.11 bits per heavy atom. The standard InChI is InChI=1S/C7H6ClO/c8-7(9)6-4-2-1-3-5-6/h1-5,8H/q+1. The molecule has 2 heteroatoms. The van der Waals surface area contributed by atoms with Crippen LogP contribution in [-0.2, 0) is 0 Å². The Morgan fingerprint density at radius 1 is 1.22 bits per heavy atom. The molecule has 1 nitrogen and oxygen atoms in total. The highest BCUT2D eigenvalue weighted by molar-refractivity contribution is 5.85. The topological polar surface area (TPSA) is 17.1 Å². The van der Waals surface area contributed by atoms with Crippen molar-refractivity contribution in [2.45, 2.75) is 0 Å². The normalized spacial score (nSPS) is 9.00. The molecule has 1 aromatic rings. The quantitative estimate of drug-likeness (QED) is 0.536. The molecule has 1 rings (SSSR count). The fourth-order valence-electron chi connectivity index (χ4n) is 0.574. The van der Waals surface area contributed by atoms with Gasteiger partial charge in [0.25, 0.3) is 0 Å². The monoisotopic (exact) mass is 141 g/mol. The molecule has 0 saturated heterocycles. The van der Waals surface area contributed by atoms with Crippen LogP contribution in [0.15, 0.2) is 30.3 Å². The first-order chi connectivity index (χ1) is 4.30. The minimum atomic E-state index is -0.296. The van der Waals surface area contributed by atoms with Crippen molar-refractivity contribution in [1.82, 2.24) is 0 Å². The molecule has 0 aromatic heterocycles. The second kappa shape index (κ2) is 2.65. The Morgan fingerprint density at radius 2 is 1.78 bits per heavy atom. The van der Waals surface area contributed by atoms with E-state index in [-0.39, 0.29) is 5.24 Å². The van der Waals surface area contributed by atoms with E-state index in [2.05, 4.69) is 11.6 Å². The summed E-state index contributed by atoms with van der Waals surface area (Å²) in [6, 6.07) is 8.84. The largest absolute Gasteiger partial charge is 0.430 e. The first kappa shape index (κ1) is 6.30. The maximum Gasteiger partial charge on any atom is 0.430 e. The summed E-state index contributed by atoms with van der Waals surface area (Å²) in [5, 5.41) is -0.296. The molecule has 0 saturated carbocycles. The highest BCUT2D eigenvalue weighted by atomic mass is 35.5. The van der Waals surface area contributed by atoms with Crippen molar-refractivity contribution in [2.24, 2.45) is 0 Å². The van der Waals surface area contributed by atoms with Crippen molar-refractivity contribution in [1.29, 1.82) is 0 Å². The van der Waals surface area contributed by atoms with Crippen molar-refractivity contribution in [2.75, 3.05) is 0 Å². The van der Waals surface area contributed by atoms with Gasteiger partial charge in [-0.2, -0.15) is 0 Å². The molecule has 0 bridgehead atoms. The second-order valence-corrected chi connectivity index (χ2v) is 2.02. The predicted molar refractivity (Wildman–Crippen MR) is 32.2 cm³/mol. The highest BCUT2D eigenvalue weighted by Gasteiger charge is 2.06. The minimum absolute atomic E-state index is 0.296. The third kappa shape index (κ3) is 1.54. The van der Waals surface area contributed by atoms with Crippen LogP contribution in [0.3, 0.4) is 0 Å². The van der Waals surface area contributed by atoms with E-state index in [0.717, 1.165) is 0 Å². The average molecular weight is 142 g/mol. The maximum absolute atomic E-state index is 10.5. The van der Waals surface area contributed by atoms with E-state index >= 15 is 0 Å². The minimum Gasteiger partial charge on any atom is -0.220 e. The third-order valence-corrected chi connectivity index (χ3v) is 1.25. The van der Waals surface area contributed by atoms with Crippen LogP contribution in [-0.4, -0.2) is 5.24 Å². The van der Waals surface area contributed by atoms with Crippen LogP contribution in [0.5, 0.6) is 0 Å². The molecule has 0 spiro atoms. The molecule has 0 aliphatic rings. The van der Waals surface area contributed by atoms with Crippen LogP contribution >= 0.6 is 0 Å². The SMILES string of the molecule is O=C([ClH+])c1ccccc1. The predicted octanol–water partition coefficient (Wildman–Crippen LogP) is 1.11. The van der Waals surface area contributed by atoms with Gasteiger partial charge in [-0.3, -0.25) is 0 Å². The molecule has 1 aromatic carbocycles. The molecule has 0 fully saturated rings. The van der Waals surface area contributed by atoms with Gasteiger partial charge in [0.15, 0.2) is 11.6 Å². The second-order valence-electron chi connectivity index (χ2n) is 1.65. The summed E-state index contributed by atoms with van der Waals surface area (Å²) in [6.45, 7) is 0. The Bertz CT molecular complexity index is 205. The Hall–Kier alpha value is -0.820. The van der Waals surface area contributed by atoms with Crippen molar-refractivity contribution >= 4 is 5.24 Å². The zero-order chi connectivity index (χ0) is 6.69. The van der Waals surface area contributed by atoms with Crippen molar-refractivity contribution < 1.29 is 16.4 Å². The van der Waals surface area contributed by atoms with Gasteiger partial charge in [-0.1, -0.05) is 18.2 Å². The smallest absolute Gasteiger partial charge is 0.220 e. The molecule has 9 heavy (non-hydrogen) atoms. The van der Waals surface area contributed by atoms with Gasteiger partial charge in [-0.15, -0.1) is 0 Å². The fraction of sp³-hybridized carbons (Fsp3) is 0. The number of hydrogen-bond acceptors (Lipinski definition) is 1. The van der Waals surface area contributed by atoms with Crippen LogP contribution in [0, 0.1) is 11.6 Å². The van der Waals surface area contributed by atoms with Gasteiger partial charge in [0.1, 0.15) is 0 Å². The molecule has 0 heterocycles. The summed E-state index contributed by atoms with van der Waals surface area (Å²) in [5.74, 6) is 0. The number of hydrogen-bond donors (Lipinski definition) is 0. The van der Waals surface area contributed by atoms with Gasteiger partial charge in [0, 0.05) is 0 Å². The fourth-order valence-corrected chi connectivity index (χ4v) is 0.710. The first-order valence-corrected chi connectivity index (χ1v) is 2.98. The molecule has 0 N–H and O–H groups in total. The van der Waals surface area contributed by atoms with E-state index in [1.165, 1.54) is 0 Å². The molecule has 0 atom stereocenters. The highest BCUT2D eigenvalue weighted by Crippen LogP contribution is 1.96. The lowest BCUT2D eigenvalue weighted by atomic mass is 10.2. The molecular weight excluding hydrogens is 136 g/mol. The zero-order valence-electron chi connectivity index (χ0n) is 4.70. The summed E-state index contributed by atoms with van der Waals surface area (Å²) >= 11 is 4.41. The number of benzene rings is 1. The van der Waals surface area contributed by atoms with Gasteiger partial charge in [0.2, 0.25) is 0 Å². The van der Waals surface area contributed by atoms with Gasteiger partial charge in [0.05, 0.1) is 5.56 Å². The Balaban J connectivity index is 2.98. The average Bonchev–Trinajstić information content (AvgIpc) is 1.90. The summed E-state index contributed by atoms with van der Waals surface area (Å²) < 4.78 is 0. The molecule has 0 radical (unpaired) electrons. The summed E-state index contributed by atoms with van der Waals surface area (Å²) in [7, 11) is 0. The Kier molecular flexibility index (Phi) is 1.85. The molecule has 0 aliphatic heterocycles. The summed E-state index contributed by atoms with van der Waals surface area (Å²) in [4.78, 5) is 10.5. The van der Waals surface area contributed by atoms with Crippen molar-refractivity contribution in [3.8, 4) is 0 Å². The van der Waals surface area contributed by atoms with Gasteiger partial charge in [-0.05, 0) is 12.1 Å². The van der Waals surface area contributed by atoms with Crippen LogP contribution in [0.25, 0.3) is 0 Å². The molecular formula is C7H6ClO+. The Labute approximate surface area is 58.3 Å². The summed E-state index contributed by atoms with van der Waals surface area (Å²) in [6.07, 6.45) is 0. The zero-order valence-corrected chi connectivity index (χ0v) is 5.52. The van der Waals surface area contributed by atoms with E-state index in [1.807, 2.05) is 6.07 Å². The number of halogens is 1. The number of carbonyl (C=O) groups is 1. The van der Waals surface area contributed by atoms with Crippen molar-refractivity contribution in [3.63, 3.8) is 0 Å². The summed E-state index contributed by atoms with van der Waals surface area (Å²) in [5.41, 5.74) is 0.590. The molecule has 0 unspecified atom stereocenters. The van der Waals surface area contributed by atoms with Gasteiger partial charge in [-0.25, -0.2) is 4.79 Å². The van der Waals surface area contributed by atoms with E-state index < -0.39 is 0 Å². The molecule has 0 aliphatic carbocycles. The lowest BCUT2D eigenvalue weighted by molar-refractivity contribution is -0.255. The van der Waals surface area contributed by atoms with Crippen LogP contribution in [0.1, 0.15) is 10.4 Å². The number of rotatable bonds is 1. The number of carbonyl (C=O) groups excluding carboxylic acids is 1. The maximum atomic E-state index is 10.5. The van der Waals surface area contributed by atoms with Crippen LogP contribution in [0.4, 0.5) is 0 Å². The lowest BCUT2D eigenvalue weighted by Crippen LogP contribution is -1.90. The van der Waals surface area contributed by atoms with Crippen LogP contribution < -0.4 is 0 Å². The van der Waals surface area contributed by atoms with E-state index in [9.17, 15) is 4.79 Å². The van der Waals surface area contributed by atoms with E-state index in [4.69, 9.17) is 0 Å². The van der Waals surface area contributed by atoms with Crippen molar-refractivity contribution in [3.05, 3.63) is 35.9 Å². The first-order valence-electron chi connectivity index (χ1n) is 2.57. The van der Waals surface area contributed by atoms with Gasteiger partial charge < -0.3 is 0 Å². The van der Waals surface area contributed by atoms with E-state index in [1.54, 1.807) is 24.3 Å². The molecule has 0 amide bonds. The van der Waals surface area contributed by atoms with Crippen LogP contribution in [0.2, 0.25) is 0 Å². The van der Waals surface area contributed by atoms with Gasteiger partial charge >= 0.3 is 5.24 Å². The molecule has 46 valence electrons. The lowest BCUT2D eigenvalue weighted by Gasteiger charge is -1.82. The third-order valence-electron chi connectivity index (χ3n) is 1.01. The van der Waals surface area contributed by atoms with E-state index in [0.29, 0.717) is 5.56 Å².